The Bertz CT molecular complexity index is 1250. The van der Waals surface area contributed by atoms with E-state index in [-0.39, 0.29) is 5.41 Å². The highest BCUT2D eigenvalue weighted by molar-refractivity contribution is 5.85. The van der Waals surface area contributed by atoms with Gasteiger partial charge in [0.15, 0.2) is 0 Å². The number of benzene rings is 3. The highest BCUT2D eigenvalue weighted by Crippen LogP contribution is 2.32. The van der Waals surface area contributed by atoms with Crippen LogP contribution in [0.1, 0.15) is 24.5 Å². The summed E-state index contributed by atoms with van der Waals surface area (Å²) < 4.78 is 2.41. The molecule has 0 amide bonds. The van der Waals surface area contributed by atoms with Crippen LogP contribution in [0.3, 0.4) is 0 Å². The number of nitrogens with zero attached hydrogens (tertiary/aromatic N) is 1. The molecular formula is C26H23N. The third-order valence-electron chi connectivity index (χ3n) is 5.83. The molecule has 0 radical (unpaired) electrons. The minimum atomic E-state index is 0.0216. The van der Waals surface area contributed by atoms with Gasteiger partial charge in [-0.05, 0) is 43.2 Å². The first kappa shape index (κ1) is 16.1. The molecule has 0 bridgehead atoms. The third-order valence-corrected chi connectivity index (χ3v) is 5.83. The van der Waals surface area contributed by atoms with Crippen molar-refractivity contribution in [1.29, 1.82) is 0 Å². The quantitative estimate of drug-likeness (QED) is 0.487. The summed E-state index contributed by atoms with van der Waals surface area (Å²) in [5, 5.41) is 4.01. The molecule has 1 aliphatic carbocycles. The van der Waals surface area contributed by atoms with Crippen LogP contribution in [0, 0.1) is 6.92 Å². The van der Waals surface area contributed by atoms with E-state index in [1.807, 2.05) is 0 Å². The summed E-state index contributed by atoms with van der Waals surface area (Å²) in [6.07, 6.45) is 5.91. The zero-order valence-electron chi connectivity index (χ0n) is 15.8. The van der Waals surface area contributed by atoms with Gasteiger partial charge in [-0.15, -0.1) is 0 Å². The van der Waals surface area contributed by atoms with Crippen LogP contribution in [-0.2, 0) is 5.41 Å². The standard InChI is InChI=1S/C26H23N/c1-19-13-14-24-22(17-19)23-18-26(2,20-9-5-3-6-10-20)16-15-25(23)27(24)21-11-7-4-8-12-21/h3-15,17-18H,16H2,1-2H3. The highest BCUT2D eigenvalue weighted by Gasteiger charge is 2.26. The van der Waals surface area contributed by atoms with Gasteiger partial charge in [-0.1, -0.05) is 79.2 Å². The number of hydrogen-bond donors (Lipinski definition) is 0. The van der Waals surface area contributed by atoms with Crippen LogP contribution < -0.4 is 10.6 Å². The van der Waals surface area contributed by atoms with Gasteiger partial charge in [0.2, 0.25) is 0 Å². The first-order chi connectivity index (χ1) is 13.2. The fourth-order valence-electron chi connectivity index (χ4n) is 4.36. The van der Waals surface area contributed by atoms with Crippen molar-refractivity contribution in [2.45, 2.75) is 25.7 Å². The number of aryl methyl sites for hydroxylation is 1. The monoisotopic (exact) mass is 349 g/mol. The Morgan fingerprint density at radius 2 is 1.56 bits per heavy atom. The molecule has 1 aromatic heterocycles. The molecule has 1 unspecified atom stereocenters. The van der Waals surface area contributed by atoms with Crippen LogP contribution in [0.2, 0.25) is 0 Å². The molecule has 1 heterocycles. The topological polar surface area (TPSA) is 4.93 Å². The third kappa shape index (κ3) is 2.54. The van der Waals surface area contributed by atoms with Gasteiger partial charge in [-0.25, -0.2) is 0 Å². The van der Waals surface area contributed by atoms with Crippen molar-refractivity contribution in [2.24, 2.45) is 0 Å². The van der Waals surface area contributed by atoms with Crippen LogP contribution in [0.25, 0.3) is 28.7 Å². The van der Waals surface area contributed by atoms with Crippen molar-refractivity contribution >= 4 is 23.1 Å². The van der Waals surface area contributed by atoms with Gasteiger partial charge in [0.05, 0.1) is 5.52 Å². The molecule has 1 aliphatic rings. The van der Waals surface area contributed by atoms with E-state index in [1.165, 1.54) is 38.3 Å². The van der Waals surface area contributed by atoms with Crippen molar-refractivity contribution in [3.05, 3.63) is 101 Å². The lowest BCUT2D eigenvalue weighted by molar-refractivity contribution is 0.652. The van der Waals surface area contributed by atoms with Crippen molar-refractivity contribution in [3.63, 3.8) is 0 Å². The Labute approximate surface area is 159 Å². The number of hydrogen-bond acceptors (Lipinski definition) is 0. The van der Waals surface area contributed by atoms with Gasteiger partial charge < -0.3 is 4.57 Å². The van der Waals surface area contributed by atoms with Crippen molar-refractivity contribution in [1.82, 2.24) is 4.57 Å². The zero-order chi connectivity index (χ0) is 18.4. The molecule has 1 atom stereocenters. The van der Waals surface area contributed by atoms with Gasteiger partial charge in [-0.2, -0.15) is 0 Å². The summed E-state index contributed by atoms with van der Waals surface area (Å²) in [5.41, 5.74) is 5.20. The molecule has 0 N–H and O–H groups in total. The van der Waals surface area contributed by atoms with Gasteiger partial charge in [0.1, 0.15) is 0 Å². The predicted octanol–water partition coefficient (Wildman–Crippen LogP) is 4.86. The van der Waals surface area contributed by atoms with Gasteiger partial charge in [0, 0.05) is 27.1 Å². The first-order valence-corrected chi connectivity index (χ1v) is 9.61. The molecule has 0 fully saturated rings. The average molecular weight is 349 g/mol. The summed E-state index contributed by atoms with van der Waals surface area (Å²) in [7, 11) is 0. The van der Waals surface area contributed by atoms with E-state index in [9.17, 15) is 0 Å². The van der Waals surface area contributed by atoms with Crippen molar-refractivity contribution < 1.29 is 0 Å². The maximum atomic E-state index is 2.48. The second-order valence-electron chi connectivity index (χ2n) is 7.83. The molecule has 132 valence electrons. The SMILES string of the molecule is Cc1ccc2c(c1)c1c(n2-c2ccccc2)=CCC(C)(c2ccccc2)C=1. The van der Waals surface area contributed by atoms with Crippen molar-refractivity contribution in [3.8, 4) is 5.69 Å². The molecule has 4 aromatic rings. The van der Waals surface area contributed by atoms with E-state index in [1.54, 1.807) is 0 Å². The predicted molar refractivity (Wildman–Crippen MR) is 115 cm³/mol. The molecule has 1 heteroatoms. The van der Waals surface area contributed by atoms with E-state index < -0.39 is 0 Å². The average Bonchev–Trinajstić information content (AvgIpc) is 3.02. The van der Waals surface area contributed by atoms with Gasteiger partial charge >= 0.3 is 0 Å². The summed E-state index contributed by atoms with van der Waals surface area (Å²) >= 11 is 0. The van der Waals surface area contributed by atoms with Crippen LogP contribution in [-0.4, -0.2) is 4.57 Å². The van der Waals surface area contributed by atoms with Crippen LogP contribution >= 0.6 is 0 Å². The number of fused-ring (bicyclic) bond motifs is 3. The Hall–Kier alpha value is -3.06. The zero-order valence-corrected chi connectivity index (χ0v) is 15.8. The van der Waals surface area contributed by atoms with E-state index in [0.717, 1.165) is 6.42 Å². The lowest BCUT2D eigenvalue weighted by Gasteiger charge is -2.27. The molecule has 5 rings (SSSR count). The van der Waals surface area contributed by atoms with E-state index in [2.05, 4.69) is 109 Å². The van der Waals surface area contributed by atoms with Crippen LogP contribution in [0.4, 0.5) is 0 Å². The lowest BCUT2D eigenvalue weighted by Crippen LogP contribution is -2.36. The van der Waals surface area contributed by atoms with E-state index in [4.69, 9.17) is 0 Å². The maximum absolute atomic E-state index is 2.48. The first-order valence-electron chi connectivity index (χ1n) is 9.61. The fraction of sp³-hybridized carbons (Fsp3) is 0.154. The van der Waals surface area contributed by atoms with Gasteiger partial charge in [0.25, 0.3) is 0 Å². The molecule has 0 saturated carbocycles. The second-order valence-corrected chi connectivity index (χ2v) is 7.83. The number of aromatic nitrogens is 1. The number of rotatable bonds is 2. The summed E-state index contributed by atoms with van der Waals surface area (Å²) in [6, 6.07) is 28.4. The molecule has 3 aromatic carbocycles. The largest absolute Gasteiger partial charge is 0.310 e. The Morgan fingerprint density at radius 3 is 2.30 bits per heavy atom. The smallest absolute Gasteiger partial charge is 0.0541 e. The minimum Gasteiger partial charge on any atom is -0.310 e. The van der Waals surface area contributed by atoms with Gasteiger partial charge in [-0.3, -0.25) is 0 Å². The Balaban J connectivity index is 1.87. The second kappa shape index (κ2) is 5.99. The lowest BCUT2D eigenvalue weighted by atomic mass is 9.77. The number of para-hydroxylation sites is 1. The summed E-state index contributed by atoms with van der Waals surface area (Å²) in [5.74, 6) is 0. The van der Waals surface area contributed by atoms with E-state index >= 15 is 0 Å². The molecule has 0 saturated heterocycles. The van der Waals surface area contributed by atoms with Crippen molar-refractivity contribution in [2.75, 3.05) is 0 Å². The molecule has 0 aliphatic heterocycles. The van der Waals surface area contributed by atoms with Crippen LogP contribution in [0.5, 0.6) is 0 Å². The highest BCUT2D eigenvalue weighted by atomic mass is 15.0. The maximum Gasteiger partial charge on any atom is 0.0541 e. The summed E-state index contributed by atoms with van der Waals surface area (Å²) in [4.78, 5) is 0. The molecule has 0 spiro atoms. The molecule has 1 nitrogen and oxygen atoms in total. The summed E-state index contributed by atoms with van der Waals surface area (Å²) in [6.45, 7) is 4.53. The minimum absolute atomic E-state index is 0.0216. The fourth-order valence-corrected chi connectivity index (χ4v) is 4.36. The molecular weight excluding hydrogens is 326 g/mol. The Kier molecular flexibility index (Phi) is 3.58. The van der Waals surface area contributed by atoms with Crippen LogP contribution in [0.15, 0.2) is 78.9 Å². The Morgan fingerprint density at radius 1 is 0.852 bits per heavy atom. The van der Waals surface area contributed by atoms with E-state index in [0.29, 0.717) is 0 Å². The molecule has 27 heavy (non-hydrogen) atoms. The normalized spacial score (nSPS) is 18.6.